The first-order valence-corrected chi connectivity index (χ1v) is 8.03. The van der Waals surface area contributed by atoms with Crippen molar-refractivity contribution in [1.82, 2.24) is 5.32 Å². The number of nitrogens with one attached hydrogen (secondary N) is 1. The fraction of sp³-hybridized carbons (Fsp3) is 0.333. The molecule has 22 heavy (non-hydrogen) atoms. The molecule has 3 N–H and O–H groups in total. The van der Waals surface area contributed by atoms with Crippen LogP contribution in [-0.2, 0) is 13.0 Å². The Bertz CT molecular complexity index is 584. The lowest BCUT2D eigenvalue weighted by Gasteiger charge is -2.09. The van der Waals surface area contributed by atoms with Crippen LogP contribution in [0.1, 0.15) is 24.5 Å². The van der Waals surface area contributed by atoms with E-state index >= 15 is 0 Å². The zero-order valence-corrected chi connectivity index (χ0v) is 13.7. The van der Waals surface area contributed by atoms with E-state index in [4.69, 9.17) is 22.1 Å². The van der Waals surface area contributed by atoms with Gasteiger partial charge in [0, 0.05) is 11.6 Å². The van der Waals surface area contributed by atoms with E-state index in [2.05, 4.69) is 11.4 Å². The minimum Gasteiger partial charge on any atom is -0.492 e. The number of benzene rings is 2. The van der Waals surface area contributed by atoms with E-state index < -0.39 is 0 Å². The summed E-state index contributed by atoms with van der Waals surface area (Å²) in [5.74, 6) is 0.770. The Morgan fingerprint density at radius 3 is 2.50 bits per heavy atom. The van der Waals surface area contributed by atoms with Gasteiger partial charge in [0.15, 0.2) is 0 Å². The van der Waals surface area contributed by atoms with E-state index in [9.17, 15) is 0 Å². The first kappa shape index (κ1) is 16.7. The quantitative estimate of drug-likeness (QED) is 0.570. The molecular weight excluding hydrogens is 296 g/mol. The second kappa shape index (κ2) is 8.66. The Hall–Kier alpha value is -1.71. The predicted molar refractivity (Wildman–Crippen MR) is 93.5 cm³/mol. The molecule has 0 fully saturated rings. The highest BCUT2D eigenvalue weighted by Gasteiger charge is 2.01. The van der Waals surface area contributed by atoms with Gasteiger partial charge in [0.25, 0.3) is 0 Å². The van der Waals surface area contributed by atoms with Crippen molar-refractivity contribution >= 4 is 17.3 Å². The number of hydrogen-bond acceptors (Lipinski definition) is 3. The van der Waals surface area contributed by atoms with Gasteiger partial charge in [-0.05, 0) is 61.7 Å². The summed E-state index contributed by atoms with van der Waals surface area (Å²) in [4.78, 5) is 0. The van der Waals surface area contributed by atoms with Crippen LogP contribution in [-0.4, -0.2) is 13.2 Å². The SMILES string of the molecule is CCOc1ccc(CCCNCc2ccc(Cl)cc2)cc1N. The number of aryl methyl sites for hydroxylation is 1. The molecule has 0 unspecified atom stereocenters. The van der Waals surface area contributed by atoms with Gasteiger partial charge in [-0.15, -0.1) is 0 Å². The molecule has 0 spiro atoms. The van der Waals surface area contributed by atoms with Crippen LogP contribution in [0.15, 0.2) is 42.5 Å². The van der Waals surface area contributed by atoms with Crippen molar-refractivity contribution in [1.29, 1.82) is 0 Å². The average molecular weight is 319 g/mol. The first-order valence-electron chi connectivity index (χ1n) is 7.65. The second-order valence-electron chi connectivity index (χ2n) is 5.21. The highest BCUT2D eigenvalue weighted by molar-refractivity contribution is 6.30. The van der Waals surface area contributed by atoms with E-state index in [1.807, 2.05) is 43.3 Å². The normalized spacial score (nSPS) is 10.6. The van der Waals surface area contributed by atoms with E-state index in [0.717, 1.165) is 36.7 Å². The first-order chi connectivity index (χ1) is 10.7. The van der Waals surface area contributed by atoms with E-state index in [1.54, 1.807) is 0 Å². The molecule has 0 aliphatic carbocycles. The van der Waals surface area contributed by atoms with Crippen LogP contribution in [0.3, 0.4) is 0 Å². The average Bonchev–Trinajstić information content (AvgIpc) is 2.51. The summed E-state index contributed by atoms with van der Waals surface area (Å²) in [6.45, 7) is 4.43. The number of anilines is 1. The van der Waals surface area contributed by atoms with Gasteiger partial charge in [0.2, 0.25) is 0 Å². The largest absolute Gasteiger partial charge is 0.492 e. The van der Waals surface area contributed by atoms with E-state index in [0.29, 0.717) is 12.3 Å². The molecule has 2 aromatic rings. The van der Waals surface area contributed by atoms with Crippen LogP contribution in [0.2, 0.25) is 5.02 Å². The van der Waals surface area contributed by atoms with Gasteiger partial charge in [-0.2, -0.15) is 0 Å². The third-order valence-electron chi connectivity index (χ3n) is 3.44. The molecule has 0 aliphatic heterocycles. The molecule has 0 heterocycles. The smallest absolute Gasteiger partial charge is 0.142 e. The van der Waals surface area contributed by atoms with Gasteiger partial charge in [0.05, 0.1) is 12.3 Å². The van der Waals surface area contributed by atoms with Gasteiger partial charge in [-0.3, -0.25) is 0 Å². The standard InChI is InChI=1S/C18H23ClN2O/c1-2-22-18-10-7-14(12-17(18)20)4-3-11-21-13-15-5-8-16(19)9-6-15/h5-10,12,21H,2-4,11,13,20H2,1H3. The molecule has 2 aromatic carbocycles. The molecule has 0 aliphatic rings. The molecule has 0 amide bonds. The summed E-state index contributed by atoms with van der Waals surface area (Å²) in [7, 11) is 0. The molecule has 0 bridgehead atoms. The van der Waals surface area contributed by atoms with Crippen LogP contribution in [0, 0.1) is 0 Å². The van der Waals surface area contributed by atoms with Gasteiger partial charge < -0.3 is 15.8 Å². The molecule has 0 radical (unpaired) electrons. The van der Waals surface area contributed by atoms with Crippen LogP contribution in [0.25, 0.3) is 0 Å². The van der Waals surface area contributed by atoms with E-state index in [-0.39, 0.29) is 0 Å². The molecule has 0 saturated heterocycles. The van der Waals surface area contributed by atoms with Gasteiger partial charge in [-0.25, -0.2) is 0 Å². The molecule has 2 rings (SSSR count). The number of ether oxygens (including phenoxy) is 1. The lowest BCUT2D eigenvalue weighted by atomic mass is 10.1. The van der Waals surface area contributed by atoms with Crippen molar-refractivity contribution < 1.29 is 4.74 Å². The summed E-state index contributed by atoms with van der Waals surface area (Å²) >= 11 is 5.87. The van der Waals surface area contributed by atoms with Crippen LogP contribution in [0.5, 0.6) is 5.75 Å². The maximum Gasteiger partial charge on any atom is 0.142 e. The number of hydrogen-bond donors (Lipinski definition) is 2. The highest BCUT2D eigenvalue weighted by Crippen LogP contribution is 2.23. The maximum atomic E-state index is 5.97. The summed E-state index contributed by atoms with van der Waals surface area (Å²) in [5.41, 5.74) is 9.18. The highest BCUT2D eigenvalue weighted by atomic mass is 35.5. The van der Waals surface area contributed by atoms with Crippen LogP contribution >= 0.6 is 11.6 Å². The predicted octanol–water partition coefficient (Wildman–Crippen LogP) is 4.04. The van der Waals surface area contributed by atoms with Crippen molar-refractivity contribution in [3.63, 3.8) is 0 Å². The Morgan fingerprint density at radius 2 is 1.82 bits per heavy atom. The van der Waals surface area contributed by atoms with Crippen molar-refractivity contribution in [2.45, 2.75) is 26.3 Å². The number of rotatable bonds is 8. The number of nitrogen functional groups attached to an aromatic ring is 1. The lowest BCUT2D eigenvalue weighted by molar-refractivity contribution is 0.342. The van der Waals surface area contributed by atoms with Crippen molar-refractivity contribution in [2.75, 3.05) is 18.9 Å². The molecule has 0 aromatic heterocycles. The number of halogens is 1. The second-order valence-corrected chi connectivity index (χ2v) is 5.65. The monoisotopic (exact) mass is 318 g/mol. The molecule has 0 saturated carbocycles. The zero-order valence-electron chi connectivity index (χ0n) is 12.9. The fourth-order valence-corrected chi connectivity index (χ4v) is 2.42. The summed E-state index contributed by atoms with van der Waals surface area (Å²) in [6, 6.07) is 14.0. The number of nitrogens with two attached hydrogens (primary N) is 1. The van der Waals surface area contributed by atoms with Crippen LogP contribution in [0.4, 0.5) is 5.69 Å². The summed E-state index contributed by atoms with van der Waals surface area (Å²) < 4.78 is 5.45. The molecule has 4 heteroatoms. The Kier molecular flexibility index (Phi) is 6.56. The van der Waals surface area contributed by atoms with Crippen molar-refractivity contribution in [3.05, 3.63) is 58.6 Å². The molecular formula is C18H23ClN2O. The molecule has 3 nitrogen and oxygen atoms in total. The minimum atomic E-state index is 0.637. The summed E-state index contributed by atoms with van der Waals surface area (Å²) in [6.07, 6.45) is 2.07. The Morgan fingerprint density at radius 1 is 1.09 bits per heavy atom. The van der Waals surface area contributed by atoms with Crippen LogP contribution < -0.4 is 15.8 Å². The van der Waals surface area contributed by atoms with Gasteiger partial charge in [0.1, 0.15) is 5.75 Å². The summed E-state index contributed by atoms with van der Waals surface area (Å²) in [5, 5.41) is 4.21. The zero-order chi connectivity index (χ0) is 15.8. The lowest BCUT2D eigenvalue weighted by Crippen LogP contribution is -2.15. The Labute approximate surface area is 137 Å². The van der Waals surface area contributed by atoms with Crippen molar-refractivity contribution in [3.8, 4) is 5.75 Å². The fourth-order valence-electron chi connectivity index (χ4n) is 2.29. The van der Waals surface area contributed by atoms with E-state index in [1.165, 1.54) is 11.1 Å². The van der Waals surface area contributed by atoms with Crippen molar-refractivity contribution in [2.24, 2.45) is 0 Å². The maximum absolute atomic E-state index is 5.97. The third-order valence-corrected chi connectivity index (χ3v) is 3.69. The molecule has 0 atom stereocenters. The third kappa shape index (κ3) is 5.24. The molecule has 118 valence electrons. The topological polar surface area (TPSA) is 47.3 Å². The Balaban J connectivity index is 1.70. The van der Waals surface area contributed by atoms with Gasteiger partial charge in [-0.1, -0.05) is 29.8 Å². The van der Waals surface area contributed by atoms with Gasteiger partial charge >= 0.3 is 0 Å². The minimum absolute atomic E-state index is 0.637.